The Balaban J connectivity index is 3.89. The Hall–Kier alpha value is 0.500. The van der Waals surface area contributed by atoms with Gasteiger partial charge in [0, 0.05) is 17.0 Å². The van der Waals surface area contributed by atoms with E-state index in [0.717, 1.165) is 18.2 Å². The molecule has 0 heterocycles. The maximum Gasteiger partial charge on any atom is 0.189 e. The van der Waals surface area contributed by atoms with Crippen molar-refractivity contribution in [2.75, 3.05) is 5.33 Å². The van der Waals surface area contributed by atoms with Gasteiger partial charge in [0.1, 0.15) is 0 Å². The molecule has 0 aromatic heterocycles. The van der Waals surface area contributed by atoms with Crippen LogP contribution >= 0.6 is 27.7 Å². The molecule has 1 unspecified atom stereocenters. The first-order chi connectivity index (χ1) is 11.2. The van der Waals surface area contributed by atoms with Crippen LogP contribution in [0.25, 0.3) is 0 Å². The summed E-state index contributed by atoms with van der Waals surface area (Å²) >= 11 is 5.14. The molecule has 0 aliphatic carbocycles. The lowest BCUT2D eigenvalue weighted by atomic mass is 10.1. The van der Waals surface area contributed by atoms with Crippen LogP contribution in [0.1, 0.15) is 110 Å². The lowest BCUT2D eigenvalue weighted by Crippen LogP contribution is -2.07. The fourth-order valence-electron chi connectivity index (χ4n) is 2.82. The second-order valence-corrected chi connectivity index (χ2v) is 8.81. The van der Waals surface area contributed by atoms with Crippen molar-refractivity contribution < 1.29 is 4.79 Å². The zero-order valence-corrected chi connectivity index (χ0v) is 18.0. The molecule has 0 radical (unpaired) electrons. The van der Waals surface area contributed by atoms with Gasteiger partial charge < -0.3 is 0 Å². The van der Waals surface area contributed by atoms with E-state index >= 15 is 0 Å². The Morgan fingerprint density at radius 2 is 1.30 bits per heavy atom. The van der Waals surface area contributed by atoms with Crippen LogP contribution in [0.2, 0.25) is 0 Å². The van der Waals surface area contributed by atoms with Crippen molar-refractivity contribution in [3.8, 4) is 0 Å². The number of carbonyl (C=O) groups is 1. The molecule has 0 saturated heterocycles. The molecule has 0 fully saturated rings. The van der Waals surface area contributed by atoms with Gasteiger partial charge in [-0.15, -0.1) is 0 Å². The molecule has 1 nitrogen and oxygen atoms in total. The molecule has 0 bridgehead atoms. The summed E-state index contributed by atoms with van der Waals surface area (Å²) in [5, 5.41) is 2.12. The normalized spacial score (nSPS) is 12.5. The Morgan fingerprint density at radius 3 is 1.96 bits per heavy atom. The van der Waals surface area contributed by atoms with Crippen molar-refractivity contribution >= 4 is 32.8 Å². The zero-order chi connectivity index (χ0) is 17.2. The number of alkyl halides is 1. The van der Waals surface area contributed by atoms with Gasteiger partial charge in [-0.2, -0.15) is 0 Å². The maximum atomic E-state index is 12.2. The highest BCUT2D eigenvalue weighted by Crippen LogP contribution is 2.26. The van der Waals surface area contributed by atoms with Crippen molar-refractivity contribution in [2.45, 2.75) is 115 Å². The summed E-state index contributed by atoms with van der Waals surface area (Å²) in [4.78, 5) is 12.2. The first kappa shape index (κ1) is 23.5. The topological polar surface area (TPSA) is 17.1 Å². The molecule has 0 aromatic rings. The smallest absolute Gasteiger partial charge is 0.189 e. The van der Waals surface area contributed by atoms with Crippen LogP contribution in [-0.2, 0) is 4.79 Å². The summed E-state index contributed by atoms with van der Waals surface area (Å²) in [6.07, 6.45) is 18.6. The van der Waals surface area contributed by atoms with Crippen molar-refractivity contribution in [3.63, 3.8) is 0 Å². The molecule has 0 aliphatic rings. The van der Waals surface area contributed by atoms with E-state index in [2.05, 4.69) is 29.8 Å². The van der Waals surface area contributed by atoms with Crippen LogP contribution in [0.4, 0.5) is 0 Å². The van der Waals surface area contributed by atoms with Crippen molar-refractivity contribution in [3.05, 3.63) is 0 Å². The molecule has 0 amide bonds. The number of hydrogen-bond acceptors (Lipinski definition) is 2. The van der Waals surface area contributed by atoms with E-state index in [1.165, 1.54) is 83.5 Å². The minimum atomic E-state index is 0.443. The molecular formula is C20H39BrOS. The van der Waals surface area contributed by atoms with Gasteiger partial charge in [0.25, 0.3) is 0 Å². The molecule has 0 rings (SSSR count). The van der Waals surface area contributed by atoms with Crippen molar-refractivity contribution in [1.82, 2.24) is 0 Å². The van der Waals surface area contributed by atoms with Gasteiger partial charge in [-0.05, 0) is 25.7 Å². The standard InChI is InChI=1S/C20H39BrOS/c1-3-5-7-8-12-16-19(15-11-6-4-2)23-20(22)17-13-9-10-14-18-21/h19H,3-18H2,1-2H3. The summed E-state index contributed by atoms with van der Waals surface area (Å²) in [6, 6.07) is 0. The number of unbranched alkanes of at least 4 members (excludes halogenated alkanes) is 9. The average Bonchev–Trinajstić information content (AvgIpc) is 2.54. The molecule has 0 aromatic carbocycles. The second-order valence-electron chi connectivity index (χ2n) is 6.66. The third-order valence-electron chi connectivity index (χ3n) is 4.32. The summed E-state index contributed by atoms with van der Waals surface area (Å²) < 4.78 is 0. The fraction of sp³-hybridized carbons (Fsp3) is 0.950. The monoisotopic (exact) mass is 406 g/mol. The largest absolute Gasteiger partial charge is 0.287 e. The van der Waals surface area contributed by atoms with E-state index in [0.29, 0.717) is 10.4 Å². The highest BCUT2D eigenvalue weighted by molar-refractivity contribution is 9.09. The predicted octanol–water partition coefficient (Wildman–Crippen LogP) is 7.90. The lowest BCUT2D eigenvalue weighted by molar-refractivity contribution is -0.111. The van der Waals surface area contributed by atoms with E-state index < -0.39 is 0 Å². The summed E-state index contributed by atoms with van der Waals surface area (Å²) in [6.45, 7) is 4.52. The Bertz CT molecular complexity index is 258. The van der Waals surface area contributed by atoms with Gasteiger partial charge >= 0.3 is 0 Å². The van der Waals surface area contributed by atoms with Gasteiger partial charge in [0.2, 0.25) is 0 Å². The lowest BCUT2D eigenvalue weighted by Gasteiger charge is -2.15. The molecule has 3 heteroatoms. The van der Waals surface area contributed by atoms with Gasteiger partial charge in [-0.1, -0.05) is 106 Å². The quantitative estimate of drug-likeness (QED) is 0.180. The third-order valence-corrected chi connectivity index (χ3v) is 6.15. The van der Waals surface area contributed by atoms with Crippen LogP contribution in [0, 0.1) is 0 Å². The van der Waals surface area contributed by atoms with Crippen LogP contribution in [0.3, 0.4) is 0 Å². The second kappa shape index (κ2) is 18.8. The van der Waals surface area contributed by atoms with Crippen LogP contribution in [0.15, 0.2) is 0 Å². The number of thioether (sulfide) groups is 1. The van der Waals surface area contributed by atoms with Crippen LogP contribution < -0.4 is 0 Å². The van der Waals surface area contributed by atoms with E-state index in [1.54, 1.807) is 11.8 Å². The first-order valence-corrected chi connectivity index (χ1v) is 12.0. The molecule has 0 N–H and O–H groups in total. The Labute approximate surface area is 158 Å². The third kappa shape index (κ3) is 17.1. The average molecular weight is 408 g/mol. The molecule has 23 heavy (non-hydrogen) atoms. The van der Waals surface area contributed by atoms with E-state index in [1.807, 2.05) is 0 Å². The number of hydrogen-bond donors (Lipinski definition) is 0. The SMILES string of the molecule is CCCCCCCC(CCCCC)SC(=O)CCCCCCBr. The summed E-state index contributed by atoms with van der Waals surface area (Å²) in [5.74, 6) is 0. The fourth-order valence-corrected chi connectivity index (χ4v) is 4.42. The molecule has 0 spiro atoms. The number of carbonyl (C=O) groups excluding carboxylic acids is 1. The highest BCUT2D eigenvalue weighted by Gasteiger charge is 2.14. The molecule has 0 saturated carbocycles. The van der Waals surface area contributed by atoms with Crippen LogP contribution in [-0.4, -0.2) is 15.7 Å². The molecular weight excluding hydrogens is 368 g/mol. The highest BCUT2D eigenvalue weighted by atomic mass is 79.9. The number of halogens is 1. The van der Waals surface area contributed by atoms with Gasteiger partial charge in [-0.25, -0.2) is 0 Å². The minimum absolute atomic E-state index is 0.443. The van der Waals surface area contributed by atoms with Gasteiger partial charge in [0.05, 0.1) is 0 Å². The summed E-state index contributed by atoms with van der Waals surface area (Å²) in [5.41, 5.74) is 0. The predicted molar refractivity (Wildman–Crippen MR) is 111 cm³/mol. The van der Waals surface area contributed by atoms with Crippen LogP contribution in [0.5, 0.6) is 0 Å². The zero-order valence-electron chi connectivity index (χ0n) is 15.6. The van der Waals surface area contributed by atoms with E-state index in [9.17, 15) is 4.79 Å². The van der Waals surface area contributed by atoms with Gasteiger partial charge in [-0.3, -0.25) is 4.79 Å². The number of rotatable bonds is 17. The summed E-state index contributed by atoms with van der Waals surface area (Å²) in [7, 11) is 0. The Morgan fingerprint density at radius 1 is 0.783 bits per heavy atom. The van der Waals surface area contributed by atoms with E-state index in [4.69, 9.17) is 0 Å². The van der Waals surface area contributed by atoms with Gasteiger partial charge in [0.15, 0.2) is 5.12 Å². The van der Waals surface area contributed by atoms with Crippen molar-refractivity contribution in [2.24, 2.45) is 0 Å². The maximum absolute atomic E-state index is 12.2. The minimum Gasteiger partial charge on any atom is -0.287 e. The molecule has 0 aliphatic heterocycles. The Kier molecular flexibility index (Phi) is 19.2. The van der Waals surface area contributed by atoms with E-state index in [-0.39, 0.29) is 0 Å². The van der Waals surface area contributed by atoms with Crippen molar-refractivity contribution in [1.29, 1.82) is 0 Å². The molecule has 1 atom stereocenters. The first-order valence-electron chi connectivity index (χ1n) is 10.00. The molecule has 138 valence electrons.